The zero-order valence-corrected chi connectivity index (χ0v) is 12.3. The fraction of sp³-hybridized carbons (Fsp3) is 0.0625. The molecule has 0 atom stereocenters. The number of fused-ring (bicyclic) bond motifs is 1. The van der Waals surface area contributed by atoms with Gasteiger partial charge in [-0.25, -0.2) is 0 Å². The van der Waals surface area contributed by atoms with Crippen LogP contribution in [-0.2, 0) is 6.54 Å². The molecule has 0 bridgehead atoms. The van der Waals surface area contributed by atoms with Crippen molar-refractivity contribution in [1.29, 1.82) is 0 Å². The van der Waals surface area contributed by atoms with Gasteiger partial charge in [-0.1, -0.05) is 24.3 Å². The van der Waals surface area contributed by atoms with Crippen LogP contribution >= 0.6 is 15.9 Å². The first-order valence-corrected chi connectivity index (χ1v) is 7.08. The van der Waals surface area contributed by atoms with Gasteiger partial charge in [-0.3, -0.25) is 4.98 Å². The maximum Gasteiger partial charge on any atom is 0.123 e. The Hall–Kier alpha value is -2.07. The smallest absolute Gasteiger partial charge is 0.123 e. The molecular formula is C16H13BrN2O. The molecule has 3 rings (SSSR count). The molecule has 100 valence electrons. The lowest BCUT2D eigenvalue weighted by molar-refractivity contribution is 0.481. The predicted octanol–water partition coefficient (Wildman–Crippen LogP) is 4.32. The van der Waals surface area contributed by atoms with Crippen molar-refractivity contribution >= 4 is 32.4 Å². The molecule has 1 aromatic heterocycles. The summed E-state index contributed by atoms with van der Waals surface area (Å²) in [6.45, 7) is 0.641. The number of aromatic hydroxyl groups is 1. The molecule has 0 aliphatic heterocycles. The number of hydrogen-bond donors (Lipinski definition) is 2. The summed E-state index contributed by atoms with van der Waals surface area (Å²) < 4.78 is 0.969. The fourth-order valence-corrected chi connectivity index (χ4v) is 2.38. The Morgan fingerprint density at radius 3 is 2.60 bits per heavy atom. The predicted molar refractivity (Wildman–Crippen MR) is 84.9 cm³/mol. The second-order valence-corrected chi connectivity index (χ2v) is 5.41. The number of rotatable bonds is 3. The van der Waals surface area contributed by atoms with Crippen LogP contribution in [0.15, 0.2) is 59.2 Å². The van der Waals surface area contributed by atoms with Crippen molar-refractivity contribution in [3.63, 3.8) is 0 Å². The number of anilines is 1. The van der Waals surface area contributed by atoms with Gasteiger partial charge in [0.2, 0.25) is 0 Å². The molecule has 0 amide bonds. The third-order valence-electron chi connectivity index (χ3n) is 3.15. The van der Waals surface area contributed by atoms with Crippen LogP contribution in [0.3, 0.4) is 0 Å². The van der Waals surface area contributed by atoms with Crippen LogP contribution in [0.2, 0.25) is 0 Å². The molecule has 20 heavy (non-hydrogen) atoms. The molecule has 0 spiro atoms. The second-order valence-electron chi connectivity index (χ2n) is 4.50. The van der Waals surface area contributed by atoms with E-state index >= 15 is 0 Å². The highest BCUT2D eigenvalue weighted by Crippen LogP contribution is 2.29. The van der Waals surface area contributed by atoms with E-state index in [2.05, 4.69) is 26.2 Å². The monoisotopic (exact) mass is 328 g/mol. The molecule has 3 aromatic rings. The molecule has 0 aliphatic rings. The van der Waals surface area contributed by atoms with Crippen LogP contribution in [-0.4, -0.2) is 10.1 Å². The first-order valence-electron chi connectivity index (χ1n) is 6.29. The number of nitrogens with zero attached hydrogens (tertiary/aromatic N) is 1. The van der Waals surface area contributed by atoms with Gasteiger partial charge in [0.1, 0.15) is 5.75 Å². The Bertz CT molecular complexity index is 741. The maximum atomic E-state index is 9.87. The van der Waals surface area contributed by atoms with Crippen molar-refractivity contribution in [2.45, 2.75) is 6.54 Å². The standard InChI is InChI=1S/C16H13BrN2O/c17-11-7-8-12(18-9-11)10-19-15-5-1-4-14-13(15)3-2-6-16(14)20/h1-9,19-20H,10H2. The molecule has 1 heterocycles. The maximum absolute atomic E-state index is 9.87. The van der Waals surface area contributed by atoms with Gasteiger partial charge in [0.15, 0.2) is 0 Å². The lowest BCUT2D eigenvalue weighted by atomic mass is 10.1. The average molecular weight is 329 g/mol. The highest BCUT2D eigenvalue weighted by atomic mass is 79.9. The van der Waals surface area contributed by atoms with E-state index < -0.39 is 0 Å². The SMILES string of the molecule is Oc1cccc2c(NCc3ccc(Br)cn3)cccc12. The van der Waals surface area contributed by atoms with Crippen LogP contribution in [0.1, 0.15) is 5.69 Å². The number of phenolic OH excluding ortho intramolecular Hbond substituents is 1. The summed E-state index contributed by atoms with van der Waals surface area (Å²) in [5, 5.41) is 15.1. The Kier molecular flexibility index (Phi) is 3.56. The van der Waals surface area contributed by atoms with Crippen molar-refractivity contribution in [2.75, 3.05) is 5.32 Å². The average Bonchev–Trinajstić information content (AvgIpc) is 2.47. The first-order chi connectivity index (χ1) is 9.74. The summed E-state index contributed by atoms with van der Waals surface area (Å²) in [6, 6.07) is 15.3. The van der Waals surface area contributed by atoms with E-state index in [1.807, 2.05) is 42.5 Å². The highest BCUT2D eigenvalue weighted by molar-refractivity contribution is 9.10. The van der Waals surface area contributed by atoms with Gasteiger partial charge in [0, 0.05) is 27.1 Å². The molecule has 0 radical (unpaired) electrons. The molecule has 0 aliphatic carbocycles. The first kappa shape index (κ1) is 12.9. The van der Waals surface area contributed by atoms with Gasteiger partial charge in [0.25, 0.3) is 0 Å². The van der Waals surface area contributed by atoms with Gasteiger partial charge in [0.05, 0.1) is 12.2 Å². The number of hydrogen-bond acceptors (Lipinski definition) is 3. The Balaban J connectivity index is 1.88. The summed E-state index contributed by atoms with van der Waals surface area (Å²) in [6.07, 6.45) is 1.78. The van der Waals surface area contributed by atoms with Crippen molar-refractivity contribution in [2.24, 2.45) is 0 Å². The van der Waals surface area contributed by atoms with E-state index in [0.29, 0.717) is 12.3 Å². The molecule has 0 saturated heterocycles. The van der Waals surface area contributed by atoms with E-state index in [-0.39, 0.29) is 0 Å². The fourth-order valence-electron chi connectivity index (χ4n) is 2.14. The van der Waals surface area contributed by atoms with Gasteiger partial charge < -0.3 is 10.4 Å². The lowest BCUT2D eigenvalue weighted by Gasteiger charge is -2.10. The van der Waals surface area contributed by atoms with Crippen molar-refractivity contribution in [3.05, 3.63) is 64.9 Å². The molecule has 0 unspecified atom stereocenters. The normalized spacial score (nSPS) is 10.7. The molecule has 3 nitrogen and oxygen atoms in total. The van der Waals surface area contributed by atoms with Crippen molar-refractivity contribution < 1.29 is 5.11 Å². The largest absolute Gasteiger partial charge is 0.507 e. The molecule has 4 heteroatoms. The van der Waals surface area contributed by atoms with Crippen molar-refractivity contribution in [3.8, 4) is 5.75 Å². The van der Waals surface area contributed by atoms with E-state index in [9.17, 15) is 5.11 Å². The summed E-state index contributed by atoms with van der Waals surface area (Å²) >= 11 is 3.37. The summed E-state index contributed by atoms with van der Waals surface area (Å²) in [4.78, 5) is 4.33. The number of pyridine rings is 1. The van der Waals surface area contributed by atoms with Gasteiger partial charge in [-0.15, -0.1) is 0 Å². The molecule has 2 N–H and O–H groups in total. The van der Waals surface area contributed by atoms with Gasteiger partial charge >= 0.3 is 0 Å². The number of halogens is 1. The topological polar surface area (TPSA) is 45.1 Å². The van der Waals surface area contributed by atoms with Crippen LogP contribution in [0.5, 0.6) is 5.75 Å². The summed E-state index contributed by atoms with van der Waals surface area (Å²) in [5.74, 6) is 0.299. The number of phenols is 1. The molecule has 0 fully saturated rings. The van der Waals surface area contributed by atoms with E-state index in [0.717, 1.165) is 26.6 Å². The molecular weight excluding hydrogens is 316 g/mol. The van der Waals surface area contributed by atoms with Crippen LogP contribution < -0.4 is 5.32 Å². The van der Waals surface area contributed by atoms with Gasteiger partial charge in [-0.2, -0.15) is 0 Å². The third-order valence-corrected chi connectivity index (χ3v) is 3.62. The zero-order chi connectivity index (χ0) is 13.9. The molecule has 0 saturated carbocycles. The van der Waals surface area contributed by atoms with Crippen LogP contribution in [0.4, 0.5) is 5.69 Å². The van der Waals surface area contributed by atoms with Crippen LogP contribution in [0.25, 0.3) is 10.8 Å². The Morgan fingerprint density at radius 1 is 1.00 bits per heavy atom. The summed E-state index contributed by atoms with van der Waals surface area (Å²) in [7, 11) is 0. The number of benzene rings is 2. The zero-order valence-electron chi connectivity index (χ0n) is 10.7. The minimum Gasteiger partial charge on any atom is -0.507 e. The lowest BCUT2D eigenvalue weighted by Crippen LogP contribution is -2.01. The minimum absolute atomic E-state index is 0.299. The number of aromatic nitrogens is 1. The van der Waals surface area contributed by atoms with E-state index in [1.54, 1.807) is 12.3 Å². The Morgan fingerprint density at radius 2 is 1.80 bits per heavy atom. The van der Waals surface area contributed by atoms with Crippen LogP contribution in [0, 0.1) is 0 Å². The van der Waals surface area contributed by atoms with Crippen molar-refractivity contribution in [1.82, 2.24) is 4.98 Å². The van der Waals surface area contributed by atoms with E-state index in [4.69, 9.17) is 0 Å². The van der Waals surface area contributed by atoms with Gasteiger partial charge in [-0.05, 0) is 40.2 Å². The summed E-state index contributed by atoms with van der Waals surface area (Å²) in [5.41, 5.74) is 1.95. The molecule has 2 aromatic carbocycles. The minimum atomic E-state index is 0.299. The Labute approximate surface area is 125 Å². The van der Waals surface area contributed by atoms with E-state index in [1.165, 1.54) is 0 Å². The highest BCUT2D eigenvalue weighted by Gasteiger charge is 2.04. The number of nitrogens with one attached hydrogen (secondary N) is 1. The third kappa shape index (κ3) is 2.60. The quantitative estimate of drug-likeness (QED) is 0.752. The second kappa shape index (κ2) is 5.51.